The van der Waals surface area contributed by atoms with Gasteiger partial charge in [0.05, 0.1) is 12.0 Å². The Bertz CT molecular complexity index is 640. The summed E-state index contributed by atoms with van der Waals surface area (Å²) in [4.78, 5) is 12.3. The first kappa shape index (κ1) is 18.5. The monoisotopic (exact) mass is 347 g/mol. The molecule has 1 atom stereocenters. The molecule has 1 heterocycles. The minimum absolute atomic E-state index is 0.0608. The normalized spacial score (nSPS) is 12.0. The molecule has 0 unspecified atom stereocenters. The van der Waals surface area contributed by atoms with E-state index in [-0.39, 0.29) is 5.91 Å². The molecule has 0 saturated carbocycles. The number of amides is 1. The number of aryl methyl sites for hydroxylation is 2. The fraction of sp³-hybridized carbons (Fsp3) is 0.421. The van der Waals surface area contributed by atoms with Gasteiger partial charge < -0.3 is 14.5 Å². The van der Waals surface area contributed by atoms with Gasteiger partial charge in [0.25, 0.3) is 5.91 Å². The fourth-order valence-electron chi connectivity index (χ4n) is 2.20. The molecular formula is C19H25NO3S. The number of rotatable bonds is 9. The second-order valence-electron chi connectivity index (χ2n) is 5.68. The van der Waals surface area contributed by atoms with Gasteiger partial charge in [-0.15, -0.1) is 0 Å². The van der Waals surface area contributed by atoms with E-state index in [1.165, 1.54) is 5.56 Å². The van der Waals surface area contributed by atoms with Crippen molar-refractivity contribution in [2.24, 2.45) is 0 Å². The number of carbonyl (C=O) groups is 1. The Balaban J connectivity index is 1.73. The zero-order valence-corrected chi connectivity index (χ0v) is 15.3. The molecule has 0 saturated heterocycles. The van der Waals surface area contributed by atoms with E-state index in [0.717, 1.165) is 28.6 Å². The average molecular weight is 347 g/mol. The van der Waals surface area contributed by atoms with E-state index >= 15 is 0 Å². The predicted molar refractivity (Wildman–Crippen MR) is 98.5 cm³/mol. The molecule has 1 aromatic heterocycles. The van der Waals surface area contributed by atoms with Gasteiger partial charge >= 0.3 is 0 Å². The maximum atomic E-state index is 12.3. The summed E-state index contributed by atoms with van der Waals surface area (Å²) < 4.78 is 11.1. The van der Waals surface area contributed by atoms with Crippen molar-refractivity contribution in [2.45, 2.75) is 39.0 Å². The summed E-state index contributed by atoms with van der Waals surface area (Å²) in [6.45, 7) is 6.68. The van der Waals surface area contributed by atoms with Crippen molar-refractivity contribution < 1.29 is 13.9 Å². The van der Waals surface area contributed by atoms with Gasteiger partial charge in [-0.1, -0.05) is 13.0 Å². The van der Waals surface area contributed by atoms with Crippen LogP contribution in [0, 0.1) is 13.8 Å². The number of nitrogens with one attached hydrogen (secondary N) is 1. The highest BCUT2D eigenvalue weighted by atomic mass is 32.2. The van der Waals surface area contributed by atoms with Gasteiger partial charge in [-0.3, -0.25) is 4.79 Å². The number of ether oxygens (including phenoxy) is 1. The van der Waals surface area contributed by atoms with Crippen LogP contribution in [0.2, 0.25) is 0 Å². The second-order valence-corrected chi connectivity index (χ2v) is 6.79. The summed E-state index contributed by atoms with van der Waals surface area (Å²) in [7, 11) is 0. The summed E-state index contributed by atoms with van der Waals surface area (Å²) in [5.74, 6) is 3.30. The van der Waals surface area contributed by atoms with Crippen molar-refractivity contribution in [1.82, 2.24) is 5.32 Å². The van der Waals surface area contributed by atoms with E-state index < -0.39 is 6.10 Å². The van der Waals surface area contributed by atoms with E-state index in [4.69, 9.17) is 9.15 Å². The standard InChI is InChI=1S/C19H25NO3S/c1-4-18(23-16-8-7-14(2)15(3)12-16)19(21)20-9-11-24-13-17-6-5-10-22-17/h5-8,10,12,18H,4,9,11,13H2,1-3H3,(H,20,21)/t18-/m0/s1. The van der Waals surface area contributed by atoms with Gasteiger partial charge in [0.1, 0.15) is 11.5 Å². The minimum Gasteiger partial charge on any atom is -0.481 e. The molecule has 1 N–H and O–H groups in total. The third-order valence-corrected chi connectivity index (χ3v) is 4.77. The van der Waals surface area contributed by atoms with Crippen LogP contribution in [0.3, 0.4) is 0 Å². The van der Waals surface area contributed by atoms with E-state index in [9.17, 15) is 4.79 Å². The van der Waals surface area contributed by atoms with Crippen LogP contribution in [-0.2, 0) is 10.5 Å². The first-order valence-electron chi connectivity index (χ1n) is 8.22. The van der Waals surface area contributed by atoms with Crippen molar-refractivity contribution in [3.05, 3.63) is 53.5 Å². The number of hydrogen-bond acceptors (Lipinski definition) is 4. The Hall–Kier alpha value is -1.88. The number of hydrogen-bond donors (Lipinski definition) is 1. The molecule has 24 heavy (non-hydrogen) atoms. The van der Waals surface area contributed by atoms with E-state index in [1.807, 2.05) is 44.2 Å². The SMILES string of the molecule is CC[C@H](Oc1ccc(C)c(C)c1)C(=O)NCCSCc1ccco1. The van der Waals surface area contributed by atoms with Gasteiger partial charge in [-0.05, 0) is 55.7 Å². The maximum absolute atomic E-state index is 12.3. The summed E-state index contributed by atoms with van der Waals surface area (Å²) in [5, 5.41) is 2.94. The minimum atomic E-state index is -0.456. The van der Waals surface area contributed by atoms with Crippen molar-refractivity contribution in [1.29, 1.82) is 0 Å². The van der Waals surface area contributed by atoms with E-state index in [2.05, 4.69) is 12.2 Å². The lowest BCUT2D eigenvalue weighted by Crippen LogP contribution is -2.39. The van der Waals surface area contributed by atoms with Gasteiger partial charge in [0.2, 0.25) is 0 Å². The Morgan fingerprint density at radius 2 is 2.12 bits per heavy atom. The van der Waals surface area contributed by atoms with Gasteiger partial charge in [0.15, 0.2) is 6.10 Å². The molecular weight excluding hydrogens is 322 g/mol. The molecule has 1 aromatic carbocycles. The van der Waals surface area contributed by atoms with Gasteiger partial charge in [-0.2, -0.15) is 11.8 Å². The Kier molecular flexibility index (Phi) is 7.25. The van der Waals surface area contributed by atoms with Crippen LogP contribution in [-0.4, -0.2) is 24.3 Å². The van der Waals surface area contributed by atoms with Crippen LogP contribution in [0.15, 0.2) is 41.0 Å². The molecule has 1 amide bonds. The van der Waals surface area contributed by atoms with Crippen LogP contribution in [0.1, 0.15) is 30.2 Å². The lowest BCUT2D eigenvalue weighted by molar-refractivity contribution is -0.127. The number of benzene rings is 1. The van der Waals surface area contributed by atoms with Crippen molar-refractivity contribution in [3.63, 3.8) is 0 Å². The molecule has 2 aromatic rings. The van der Waals surface area contributed by atoms with E-state index in [1.54, 1.807) is 18.0 Å². The van der Waals surface area contributed by atoms with Crippen molar-refractivity contribution >= 4 is 17.7 Å². The molecule has 5 heteroatoms. The highest BCUT2D eigenvalue weighted by Gasteiger charge is 2.18. The third-order valence-electron chi connectivity index (χ3n) is 3.79. The molecule has 4 nitrogen and oxygen atoms in total. The first-order valence-corrected chi connectivity index (χ1v) is 9.37. The Labute approximate surface area is 148 Å². The van der Waals surface area contributed by atoms with Crippen LogP contribution in [0.4, 0.5) is 0 Å². The number of thioether (sulfide) groups is 1. The molecule has 0 fully saturated rings. The van der Waals surface area contributed by atoms with Gasteiger partial charge in [-0.25, -0.2) is 0 Å². The zero-order valence-electron chi connectivity index (χ0n) is 14.5. The van der Waals surface area contributed by atoms with E-state index in [0.29, 0.717) is 13.0 Å². The summed E-state index contributed by atoms with van der Waals surface area (Å²) in [6.07, 6.45) is 1.86. The second kappa shape index (κ2) is 9.42. The molecule has 2 rings (SSSR count). The highest BCUT2D eigenvalue weighted by molar-refractivity contribution is 7.98. The summed E-state index contributed by atoms with van der Waals surface area (Å²) >= 11 is 1.73. The Morgan fingerprint density at radius 3 is 2.79 bits per heavy atom. The van der Waals surface area contributed by atoms with Crippen LogP contribution in [0.5, 0.6) is 5.75 Å². The molecule has 0 radical (unpaired) electrons. The van der Waals surface area contributed by atoms with Crippen LogP contribution >= 0.6 is 11.8 Å². The fourth-order valence-corrected chi connectivity index (χ4v) is 2.96. The first-order chi connectivity index (χ1) is 11.6. The largest absolute Gasteiger partial charge is 0.481 e. The topological polar surface area (TPSA) is 51.5 Å². The van der Waals surface area contributed by atoms with Crippen molar-refractivity contribution in [3.8, 4) is 5.75 Å². The predicted octanol–water partition coefficient (Wildman–Crippen LogP) is 4.10. The molecule has 0 aliphatic carbocycles. The lowest BCUT2D eigenvalue weighted by atomic mass is 10.1. The smallest absolute Gasteiger partial charge is 0.261 e. The number of carbonyl (C=O) groups excluding carboxylic acids is 1. The average Bonchev–Trinajstić information content (AvgIpc) is 3.08. The maximum Gasteiger partial charge on any atom is 0.261 e. The zero-order chi connectivity index (χ0) is 17.4. The quantitative estimate of drug-likeness (QED) is 0.694. The summed E-state index contributed by atoms with van der Waals surface area (Å²) in [5.41, 5.74) is 2.38. The molecule has 0 aliphatic heterocycles. The van der Waals surface area contributed by atoms with Crippen molar-refractivity contribution in [2.75, 3.05) is 12.3 Å². The molecule has 0 bridgehead atoms. The highest BCUT2D eigenvalue weighted by Crippen LogP contribution is 2.18. The summed E-state index contributed by atoms with van der Waals surface area (Å²) in [6, 6.07) is 9.74. The lowest BCUT2D eigenvalue weighted by Gasteiger charge is -2.18. The third kappa shape index (κ3) is 5.64. The van der Waals surface area contributed by atoms with Crippen LogP contribution in [0.25, 0.3) is 0 Å². The molecule has 130 valence electrons. The Morgan fingerprint density at radius 1 is 1.29 bits per heavy atom. The van der Waals surface area contributed by atoms with Crippen LogP contribution < -0.4 is 10.1 Å². The molecule has 0 spiro atoms. The molecule has 0 aliphatic rings. The number of furan rings is 1. The van der Waals surface area contributed by atoms with Gasteiger partial charge in [0, 0.05) is 12.3 Å².